The molecule has 0 radical (unpaired) electrons. The lowest BCUT2D eigenvalue weighted by Crippen LogP contribution is -2.26. The highest BCUT2D eigenvalue weighted by Gasteiger charge is 2.17. The van der Waals surface area contributed by atoms with Crippen LogP contribution in [0.25, 0.3) is 0 Å². The Morgan fingerprint density at radius 3 is 2.70 bits per heavy atom. The molecular weight excluding hydrogens is 285 g/mol. The maximum Gasteiger partial charge on any atom is 0.306 e. The van der Waals surface area contributed by atoms with Crippen LogP contribution in [0, 0.1) is 18.7 Å². The van der Waals surface area contributed by atoms with E-state index in [0.717, 1.165) is 6.07 Å². The molecule has 1 rings (SSSR count). The van der Waals surface area contributed by atoms with Crippen molar-refractivity contribution < 1.29 is 22.7 Å². The number of hydrogen-bond acceptors (Lipinski definition) is 3. The second-order valence-corrected chi connectivity index (χ2v) is 6.42. The number of rotatable bonds is 7. The average Bonchev–Trinajstić information content (AvgIpc) is 2.37. The number of hydrogen-bond donors (Lipinski definition) is 2. The van der Waals surface area contributed by atoms with Gasteiger partial charge < -0.3 is 5.11 Å². The van der Waals surface area contributed by atoms with Crippen molar-refractivity contribution in [3.05, 3.63) is 29.6 Å². The fraction of sp³-hybridized carbons (Fsp3) is 0.462. The zero-order chi connectivity index (χ0) is 15.3. The summed E-state index contributed by atoms with van der Waals surface area (Å²) in [5, 5.41) is 8.71. The van der Waals surface area contributed by atoms with E-state index in [1.165, 1.54) is 12.1 Å². The van der Waals surface area contributed by atoms with Gasteiger partial charge in [-0.1, -0.05) is 13.0 Å². The first-order valence-corrected chi connectivity index (χ1v) is 7.71. The van der Waals surface area contributed by atoms with E-state index in [0.29, 0.717) is 18.4 Å². The number of halogens is 1. The molecule has 1 aromatic carbocycles. The lowest BCUT2D eigenvalue weighted by atomic mass is 10.1. The predicted molar refractivity (Wildman–Crippen MR) is 72.4 cm³/mol. The van der Waals surface area contributed by atoms with Gasteiger partial charge in [0.15, 0.2) is 0 Å². The van der Waals surface area contributed by atoms with E-state index in [4.69, 9.17) is 5.11 Å². The maximum atomic E-state index is 13.1. The fourth-order valence-corrected chi connectivity index (χ4v) is 3.01. The van der Waals surface area contributed by atoms with E-state index in [1.54, 1.807) is 13.8 Å². The number of aryl methyl sites for hydroxylation is 1. The number of nitrogens with one attached hydrogen (secondary N) is 1. The highest BCUT2D eigenvalue weighted by molar-refractivity contribution is 7.89. The van der Waals surface area contributed by atoms with Crippen molar-refractivity contribution in [3.63, 3.8) is 0 Å². The first-order chi connectivity index (χ1) is 9.24. The summed E-state index contributed by atoms with van der Waals surface area (Å²) in [5.41, 5.74) is 0.456. The second-order valence-electron chi connectivity index (χ2n) is 4.69. The van der Waals surface area contributed by atoms with Gasteiger partial charge in [-0.2, -0.15) is 0 Å². The van der Waals surface area contributed by atoms with Crippen molar-refractivity contribution in [2.75, 3.05) is 6.54 Å². The van der Waals surface area contributed by atoms with Crippen LogP contribution >= 0.6 is 0 Å². The van der Waals surface area contributed by atoms with Gasteiger partial charge in [-0.15, -0.1) is 0 Å². The van der Waals surface area contributed by atoms with E-state index in [-0.39, 0.29) is 11.4 Å². The molecule has 0 spiro atoms. The quantitative estimate of drug-likeness (QED) is 0.754. The lowest BCUT2D eigenvalue weighted by Gasteiger charge is -2.10. The number of sulfonamides is 1. The molecule has 0 saturated carbocycles. The van der Waals surface area contributed by atoms with E-state index < -0.39 is 27.7 Å². The van der Waals surface area contributed by atoms with E-state index in [1.807, 2.05) is 0 Å². The van der Waals surface area contributed by atoms with Gasteiger partial charge in [-0.25, -0.2) is 17.5 Å². The SMILES string of the molecule is Cc1ccc(F)cc1S(=O)(=O)NCCCC(C)C(=O)O. The average molecular weight is 303 g/mol. The standard InChI is InChI=1S/C13H18FNO4S/c1-9-5-6-11(14)8-12(9)20(18,19)15-7-3-4-10(2)13(16)17/h5-6,8,10,15H,3-4,7H2,1-2H3,(H,16,17). The third-order valence-corrected chi connectivity index (χ3v) is 4.57. The number of carboxylic acid groups (broad SMARTS) is 1. The first-order valence-electron chi connectivity index (χ1n) is 6.22. The minimum atomic E-state index is -3.77. The van der Waals surface area contributed by atoms with Crippen LogP contribution in [0.5, 0.6) is 0 Å². The lowest BCUT2D eigenvalue weighted by molar-refractivity contribution is -0.141. The molecule has 1 atom stereocenters. The minimum Gasteiger partial charge on any atom is -0.481 e. The van der Waals surface area contributed by atoms with Gasteiger partial charge >= 0.3 is 5.97 Å². The van der Waals surface area contributed by atoms with Crippen LogP contribution in [-0.4, -0.2) is 26.0 Å². The Morgan fingerprint density at radius 1 is 1.45 bits per heavy atom. The fourth-order valence-electron chi connectivity index (χ4n) is 1.68. The molecule has 0 amide bonds. The molecule has 2 N–H and O–H groups in total. The van der Waals surface area contributed by atoms with Crippen LogP contribution in [0.3, 0.4) is 0 Å². The molecule has 1 aromatic rings. The highest BCUT2D eigenvalue weighted by atomic mass is 32.2. The Labute approximate surface area is 117 Å². The monoisotopic (exact) mass is 303 g/mol. The van der Waals surface area contributed by atoms with Gasteiger partial charge in [-0.3, -0.25) is 4.79 Å². The molecule has 0 aliphatic heterocycles. The topological polar surface area (TPSA) is 83.5 Å². The van der Waals surface area contributed by atoms with Gasteiger partial charge in [0.05, 0.1) is 10.8 Å². The summed E-state index contributed by atoms with van der Waals surface area (Å²) in [7, 11) is -3.77. The Bertz CT molecular complexity index is 586. The van der Waals surface area contributed by atoms with Gasteiger partial charge in [0.1, 0.15) is 5.82 Å². The second kappa shape index (κ2) is 6.81. The molecule has 20 heavy (non-hydrogen) atoms. The third kappa shape index (κ3) is 4.57. The van der Waals surface area contributed by atoms with Crippen molar-refractivity contribution >= 4 is 16.0 Å². The Balaban J connectivity index is 2.62. The van der Waals surface area contributed by atoms with Crippen molar-refractivity contribution in [1.82, 2.24) is 4.72 Å². The summed E-state index contributed by atoms with van der Waals surface area (Å²) in [6, 6.07) is 3.57. The van der Waals surface area contributed by atoms with Gasteiger partial charge in [0.25, 0.3) is 0 Å². The van der Waals surface area contributed by atoms with Crippen LogP contribution < -0.4 is 4.72 Å². The van der Waals surface area contributed by atoms with Gasteiger partial charge in [-0.05, 0) is 37.5 Å². The van der Waals surface area contributed by atoms with Crippen LogP contribution in [0.15, 0.2) is 23.1 Å². The summed E-state index contributed by atoms with van der Waals surface area (Å²) < 4.78 is 39.4. The molecule has 0 aromatic heterocycles. The normalized spacial score (nSPS) is 13.2. The first kappa shape index (κ1) is 16.6. The van der Waals surface area contributed by atoms with E-state index >= 15 is 0 Å². The number of carboxylic acids is 1. The minimum absolute atomic E-state index is 0.0937. The highest BCUT2D eigenvalue weighted by Crippen LogP contribution is 2.16. The molecule has 112 valence electrons. The predicted octanol–water partition coefficient (Wildman–Crippen LogP) is 1.91. The molecule has 0 fully saturated rings. The Kier molecular flexibility index (Phi) is 5.64. The maximum absolute atomic E-state index is 13.1. The molecular formula is C13H18FNO4S. The molecule has 0 aliphatic rings. The number of carbonyl (C=O) groups is 1. The van der Waals surface area contributed by atoms with Gasteiger partial charge in [0, 0.05) is 6.54 Å². The van der Waals surface area contributed by atoms with Crippen LogP contribution in [-0.2, 0) is 14.8 Å². The summed E-state index contributed by atoms with van der Waals surface area (Å²) in [6.07, 6.45) is 0.779. The summed E-state index contributed by atoms with van der Waals surface area (Å²) in [4.78, 5) is 10.5. The molecule has 0 bridgehead atoms. The smallest absolute Gasteiger partial charge is 0.306 e. The molecule has 0 saturated heterocycles. The summed E-state index contributed by atoms with van der Waals surface area (Å²) >= 11 is 0. The van der Waals surface area contributed by atoms with Crippen molar-refractivity contribution in [1.29, 1.82) is 0 Å². The summed E-state index contributed by atoms with van der Waals surface area (Å²) in [5.74, 6) is -2.04. The summed E-state index contributed by atoms with van der Waals surface area (Å²) in [6.45, 7) is 3.27. The number of aliphatic carboxylic acids is 1. The van der Waals surface area contributed by atoms with Crippen LogP contribution in [0.2, 0.25) is 0 Å². The van der Waals surface area contributed by atoms with Crippen molar-refractivity contribution in [2.24, 2.45) is 5.92 Å². The number of benzene rings is 1. The molecule has 7 heteroatoms. The Hall–Kier alpha value is -1.47. The largest absolute Gasteiger partial charge is 0.481 e. The van der Waals surface area contributed by atoms with Crippen LogP contribution in [0.4, 0.5) is 4.39 Å². The molecule has 5 nitrogen and oxygen atoms in total. The van der Waals surface area contributed by atoms with Gasteiger partial charge in [0.2, 0.25) is 10.0 Å². The zero-order valence-corrected chi connectivity index (χ0v) is 12.2. The van der Waals surface area contributed by atoms with Crippen molar-refractivity contribution in [2.45, 2.75) is 31.6 Å². The Morgan fingerprint density at radius 2 is 2.10 bits per heavy atom. The van der Waals surface area contributed by atoms with E-state index in [2.05, 4.69) is 4.72 Å². The zero-order valence-electron chi connectivity index (χ0n) is 11.4. The molecule has 1 unspecified atom stereocenters. The van der Waals surface area contributed by atoms with E-state index in [9.17, 15) is 17.6 Å². The molecule has 0 aliphatic carbocycles. The third-order valence-electron chi connectivity index (χ3n) is 2.97. The molecule has 0 heterocycles. The van der Waals surface area contributed by atoms with Crippen molar-refractivity contribution in [3.8, 4) is 0 Å². The van der Waals surface area contributed by atoms with Crippen LogP contribution in [0.1, 0.15) is 25.3 Å².